The molecule has 0 bridgehead atoms. The standard InChI is InChI=1S/C23H21N3O6/c1-30-23(29)18-8-4-17(5-9-18)15-32-19-10-6-16(7-11-19)13-25-26-22(28)21(27)24-14-20-3-2-12-31-20/h2-13H,14-15H2,1H3,(H,24,27)(H,26,28)/b25-13+. The minimum absolute atomic E-state index is 0.111. The second-order valence-corrected chi connectivity index (χ2v) is 6.51. The van der Waals surface area contributed by atoms with Gasteiger partial charge >= 0.3 is 17.8 Å². The predicted molar refractivity (Wildman–Crippen MR) is 115 cm³/mol. The van der Waals surface area contributed by atoms with E-state index in [4.69, 9.17) is 9.15 Å². The van der Waals surface area contributed by atoms with Gasteiger partial charge in [0.05, 0.1) is 31.7 Å². The molecule has 32 heavy (non-hydrogen) atoms. The Morgan fingerprint density at radius 3 is 2.41 bits per heavy atom. The summed E-state index contributed by atoms with van der Waals surface area (Å²) in [5.41, 5.74) is 4.24. The van der Waals surface area contributed by atoms with Crippen molar-refractivity contribution < 1.29 is 28.3 Å². The van der Waals surface area contributed by atoms with Gasteiger partial charge < -0.3 is 19.2 Å². The van der Waals surface area contributed by atoms with Crippen LogP contribution in [-0.2, 0) is 27.5 Å². The largest absolute Gasteiger partial charge is 0.489 e. The van der Waals surface area contributed by atoms with E-state index in [2.05, 4.69) is 20.6 Å². The first-order valence-corrected chi connectivity index (χ1v) is 9.59. The van der Waals surface area contributed by atoms with Crippen LogP contribution in [0.25, 0.3) is 0 Å². The molecule has 0 saturated heterocycles. The van der Waals surface area contributed by atoms with Crippen LogP contribution in [0.3, 0.4) is 0 Å². The van der Waals surface area contributed by atoms with E-state index >= 15 is 0 Å². The Hall–Kier alpha value is -4.40. The summed E-state index contributed by atoms with van der Waals surface area (Å²) in [4.78, 5) is 34.9. The Morgan fingerprint density at radius 2 is 1.75 bits per heavy atom. The van der Waals surface area contributed by atoms with E-state index in [1.165, 1.54) is 19.6 Å². The van der Waals surface area contributed by atoms with Gasteiger partial charge in [-0.2, -0.15) is 5.10 Å². The molecule has 0 aliphatic rings. The Labute approximate surface area is 184 Å². The average Bonchev–Trinajstić information content (AvgIpc) is 3.35. The lowest BCUT2D eigenvalue weighted by Gasteiger charge is -2.07. The molecule has 0 radical (unpaired) electrons. The number of hydrogen-bond donors (Lipinski definition) is 2. The zero-order valence-electron chi connectivity index (χ0n) is 17.2. The number of carbonyl (C=O) groups is 3. The van der Waals surface area contributed by atoms with Gasteiger partial charge in [0.2, 0.25) is 0 Å². The maximum absolute atomic E-state index is 11.7. The number of furan rings is 1. The lowest BCUT2D eigenvalue weighted by atomic mass is 10.1. The van der Waals surface area contributed by atoms with Crippen LogP contribution in [0.2, 0.25) is 0 Å². The molecule has 9 heteroatoms. The minimum atomic E-state index is -0.883. The predicted octanol–water partition coefficient (Wildman–Crippen LogP) is 2.41. The first-order valence-electron chi connectivity index (χ1n) is 9.59. The summed E-state index contributed by atoms with van der Waals surface area (Å²) in [5.74, 6) is -0.913. The third kappa shape index (κ3) is 6.56. The van der Waals surface area contributed by atoms with Crippen LogP contribution in [0.4, 0.5) is 0 Å². The molecule has 9 nitrogen and oxygen atoms in total. The lowest BCUT2D eigenvalue weighted by Crippen LogP contribution is -2.37. The van der Waals surface area contributed by atoms with Gasteiger partial charge in [0.1, 0.15) is 18.1 Å². The van der Waals surface area contributed by atoms with Crippen LogP contribution in [0.1, 0.15) is 27.2 Å². The maximum atomic E-state index is 11.7. The van der Waals surface area contributed by atoms with E-state index in [0.717, 1.165) is 5.56 Å². The number of ether oxygens (including phenoxy) is 2. The first-order chi connectivity index (χ1) is 15.5. The summed E-state index contributed by atoms with van der Waals surface area (Å²) in [6, 6.07) is 17.3. The fraction of sp³-hybridized carbons (Fsp3) is 0.130. The van der Waals surface area contributed by atoms with Gasteiger partial charge in [-0.15, -0.1) is 0 Å². The van der Waals surface area contributed by atoms with E-state index < -0.39 is 11.8 Å². The molecule has 3 rings (SSSR count). The third-order valence-electron chi connectivity index (χ3n) is 4.25. The smallest absolute Gasteiger partial charge is 0.337 e. The molecule has 2 N–H and O–H groups in total. The SMILES string of the molecule is COC(=O)c1ccc(COc2ccc(/C=N/NC(=O)C(=O)NCc3ccco3)cc2)cc1. The van der Waals surface area contributed by atoms with Crippen LogP contribution >= 0.6 is 0 Å². The van der Waals surface area contributed by atoms with Crippen LogP contribution in [0.5, 0.6) is 5.75 Å². The van der Waals surface area contributed by atoms with Crippen LogP contribution < -0.4 is 15.5 Å². The Bertz CT molecular complexity index is 1070. The van der Waals surface area contributed by atoms with Gasteiger partial charge in [-0.3, -0.25) is 9.59 Å². The van der Waals surface area contributed by atoms with E-state index in [1.807, 2.05) is 0 Å². The molecule has 0 fully saturated rings. The number of benzene rings is 2. The quantitative estimate of drug-likeness (QED) is 0.243. The molecule has 0 saturated carbocycles. The van der Waals surface area contributed by atoms with Crippen molar-refractivity contribution in [3.63, 3.8) is 0 Å². The van der Waals surface area contributed by atoms with Crippen molar-refractivity contribution in [3.8, 4) is 5.75 Å². The zero-order valence-corrected chi connectivity index (χ0v) is 17.2. The van der Waals surface area contributed by atoms with Crippen molar-refractivity contribution in [2.45, 2.75) is 13.2 Å². The number of carbonyl (C=O) groups excluding carboxylic acids is 3. The average molecular weight is 435 g/mol. The number of nitrogens with one attached hydrogen (secondary N) is 2. The molecule has 1 heterocycles. The molecule has 2 aromatic carbocycles. The molecule has 0 atom stereocenters. The van der Waals surface area contributed by atoms with Crippen molar-refractivity contribution in [3.05, 3.63) is 89.4 Å². The van der Waals surface area contributed by atoms with Gasteiger partial charge in [0, 0.05) is 0 Å². The van der Waals surface area contributed by atoms with Crippen molar-refractivity contribution in [1.29, 1.82) is 0 Å². The van der Waals surface area contributed by atoms with E-state index in [9.17, 15) is 14.4 Å². The molecule has 3 aromatic rings. The molecule has 0 spiro atoms. The normalized spacial score (nSPS) is 10.5. The van der Waals surface area contributed by atoms with Gasteiger partial charge in [-0.1, -0.05) is 12.1 Å². The highest BCUT2D eigenvalue weighted by atomic mass is 16.5. The number of hydrogen-bond acceptors (Lipinski definition) is 7. The van der Waals surface area contributed by atoms with E-state index in [1.54, 1.807) is 60.7 Å². The van der Waals surface area contributed by atoms with Crippen molar-refractivity contribution >= 4 is 24.0 Å². The highest BCUT2D eigenvalue weighted by Gasteiger charge is 2.12. The Morgan fingerprint density at radius 1 is 1.00 bits per heavy atom. The van der Waals surface area contributed by atoms with Gasteiger partial charge in [0.15, 0.2) is 0 Å². The van der Waals surface area contributed by atoms with E-state index in [0.29, 0.717) is 29.2 Å². The topological polar surface area (TPSA) is 119 Å². The molecule has 1 aromatic heterocycles. The molecule has 2 amide bonds. The van der Waals surface area contributed by atoms with Crippen LogP contribution in [-0.4, -0.2) is 31.1 Å². The molecule has 164 valence electrons. The second-order valence-electron chi connectivity index (χ2n) is 6.51. The number of nitrogens with zero attached hydrogens (tertiary/aromatic N) is 1. The van der Waals surface area contributed by atoms with Gasteiger partial charge in [0.25, 0.3) is 0 Å². The molecule has 0 unspecified atom stereocenters. The summed E-state index contributed by atoms with van der Waals surface area (Å²) < 4.78 is 15.5. The summed E-state index contributed by atoms with van der Waals surface area (Å²) in [7, 11) is 1.34. The summed E-state index contributed by atoms with van der Waals surface area (Å²) in [5, 5.41) is 6.19. The molecule has 0 aliphatic carbocycles. The maximum Gasteiger partial charge on any atom is 0.337 e. The highest BCUT2D eigenvalue weighted by Crippen LogP contribution is 2.14. The fourth-order valence-corrected chi connectivity index (χ4v) is 2.55. The van der Waals surface area contributed by atoms with Gasteiger partial charge in [-0.05, 0) is 59.7 Å². The minimum Gasteiger partial charge on any atom is -0.489 e. The molecular formula is C23H21N3O6. The van der Waals surface area contributed by atoms with Crippen molar-refractivity contribution in [2.24, 2.45) is 5.10 Å². The zero-order chi connectivity index (χ0) is 22.8. The summed E-state index contributed by atoms with van der Waals surface area (Å²) in [6.07, 6.45) is 2.89. The van der Waals surface area contributed by atoms with Crippen molar-refractivity contribution in [1.82, 2.24) is 10.7 Å². The third-order valence-corrected chi connectivity index (χ3v) is 4.25. The highest BCUT2D eigenvalue weighted by molar-refractivity contribution is 6.35. The summed E-state index contributed by atoms with van der Waals surface area (Å²) >= 11 is 0. The number of esters is 1. The number of amides is 2. The Balaban J connectivity index is 1.42. The number of methoxy groups -OCH3 is 1. The molecular weight excluding hydrogens is 414 g/mol. The Kier molecular flexibility index (Phi) is 7.74. The number of hydrazone groups is 1. The monoisotopic (exact) mass is 435 g/mol. The lowest BCUT2D eigenvalue weighted by molar-refractivity contribution is -0.139. The van der Waals surface area contributed by atoms with Crippen molar-refractivity contribution in [2.75, 3.05) is 7.11 Å². The number of rotatable bonds is 8. The first kappa shape index (κ1) is 22.3. The summed E-state index contributed by atoms with van der Waals surface area (Å²) in [6.45, 7) is 0.442. The van der Waals surface area contributed by atoms with Crippen LogP contribution in [0.15, 0.2) is 76.4 Å². The van der Waals surface area contributed by atoms with Gasteiger partial charge in [-0.25, -0.2) is 10.2 Å². The fourth-order valence-electron chi connectivity index (χ4n) is 2.55. The van der Waals surface area contributed by atoms with Crippen LogP contribution in [0, 0.1) is 0 Å². The van der Waals surface area contributed by atoms with E-state index in [-0.39, 0.29) is 12.5 Å². The molecule has 0 aliphatic heterocycles. The second kappa shape index (κ2) is 11.1.